The SMILES string of the molecule is CCOC(c1noc([C@@H](O)CCN)n1)C1CC1. The highest BCUT2D eigenvalue weighted by Crippen LogP contribution is 2.42. The van der Waals surface area contributed by atoms with Crippen LogP contribution in [0, 0.1) is 5.92 Å². The molecular weight excluding hydrogens is 222 g/mol. The van der Waals surface area contributed by atoms with Crippen LogP contribution in [0.4, 0.5) is 0 Å². The first-order chi connectivity index (χ1) is 8.26. The summed E-state index contributed by atoms with van der Waals surface area (Å²) < 4.78 is 10.7. The lowest BCUT2D eigenvalue weighted by Gasteiger charge is -2.11. The van der Waals surface area contributed by atoms with Gasteiger partial charge in [-0.05, 0) is 38.6 Å². The molecule has 17 heavy (non-hydrogen) atoms. The second-order valence-electron chi connectivity index (χ2n) is 4.30. The Bertz CT molecular complexity index is 351. The molecule has 6 nitrogen and oxygen atoms in total. The van der Waals surface area contributed by atoms with E-state index in [9.17, 15) is 5.11 Å². The summed E-state index contributed by atoms with van der Waals surface area (Å²) in [4.78, 5) is 4.20. The predicted octanol–water partition coefficient (Wildman–Crippen LogP) is 0.939. The van der Waals surface area contributed by atoms with Crippen LogP contribution < -0.4 is 5.73 Å². The number of nitrogens with zero attached hydrogens (tertiary/aromatic N) is 2. The molecule has 1 aromatic heterocycles. The van der Waals surface area contributed by atoms with Gasteiger partial charge >= 0.3 is 0 Å². The molecule has 1 aliphatic rings. The standard InChI is InChI=1S/C11H19N3O3/c1-2-16-9(7-3-4-7)10-13-11(17-14-10)8(15)5-6-12/h7-9,15H,2-6,12H2,1H3/t8-,9?/m0/s1. The number of aliphatic hydroxyl groups is 1. The molecule has 0 aliphatic heterocycles. The molecule has 1 aromatic rings. The van der Waals surface area contributed by atoms with Gasteiger partial charge in [0.1, 0.15) is 12.2 Å². The molecule has 6 heteroatoms. The fourth-order valence-corrected chi connectivity index (χ4v) is 1.78. The van der Waals surface area contributed by atoms with Crippen LogP contribution in [0.25, 0.3) is 0 Å². The van der Waals surface area contributed by atoms with Crippen molar-refractivity contribution in [1.29, 1.82) is 0 Å². The normalized spacial score (nSPS) is 19.2. The highest BCUT2D eigenvalue weighted by Gasteiger charge is 2.36. The van der Waals surface area contributed by atoms with E-state index < -0.39 is 6.10 Å². The topological polar surface area (TPSA) is 94.4 Å². The second kappa shape index (κ2) is 5.57. The largest absolute Gasteiger partial charge is 0.383 e. The zero-order valence-corrected chi connectivity index (χ0v) is 10.0. The Morgan fingerprint density at radius 2 is 2.35 bits per heavy atom. The van der Waals surface area contributed by atoms with Gasteiger partial charge in [0.05, 0.1) is 0 Å². The van der Waals surface area contributed by atoms with Crippen molar-refractivity contribution in [1.82, 2.24) is 10.1 Å². The van der Waals surface area contributed by atoms with Crippen LogP contribution in [-0.2, 0) is 4.74 Å². The van der Waals surface area contributed by atoms with Crippen molar-refractivity contribution in [3.63, 3.8) is 0 Å². The molecule has 1 fully saturated rings. The molecule has 2 atom stereocenters. The molecule has 0 aromatic carbocycles. The number of hydrogen-bond donors (Lipinski definition) is 2. The summed E-state index contributed by atoms with van der Waals surface area (Å²) in [7, 11) is 0. The molecule has 0 spiro atoms. The molecule has 0 amide bonds. The number of hydrogen-bond acceptors (Lipinski definition) is 6. The molecule has 0 bridgehead atoms. The Morgan fingerprint density at radius 3 is 2.94 bits per heavy atom. The van der Waals surface area contributed by atoms with E-state index in [1.807, 2.05) is 6.92 Å². The van der Waals surface area contributed by atoms with Gasteiger partial charge in [0.2, 0.25) is 5.82 Å². The lowest BCUT2D eigenvalue weighted by Crippen LogP contribution is -2.10. The predicted molar refractivity (Wildman–Crippen MR) is 60.0 cm³/mol. The molecule has 1 unspecified atom stereocenters. The van der Waals surface area contributed by atoms with E-state index in [1.54, 1.807) is 0 Å². The first-order valence-electron chi connectivity index (χ1n) is 6.09. The van der Waals surface area contributed by atoms with Crippen molar-refractivity contribution < 1.29 is 14.4 Å². The Morgan fingerprint density at radius 1 is 1.59 bits per heavy atom. The maximum Gasteiger partial charge on any atom is 0.255 e. The zero-order valence-electron chi connectivity index (χ0n) is 10.0. The monoisotopic (exact) mass is 241 g/mol. The third-order valence-electron chi connectivity index (χ3n) is 2.83. The Balaban J connectivity index is 2.04. The second-order valence-corrected chi connectivity index (χ2v) is 4.30. The summed E-state index contributed by atoms with van der Waals surface area (Å²) >= 11 is 0. The van der Waals surface area contributed by atoms with Gasteiger partial charge < -0.3 is 20.1 Å². The fourth-order valence-electron chi connectivity index (χ4n) is 1.78. The van der Waals surface area contributed by atoms with Crippen molar-refractivity contribution in [2.24, 2.45) is 11.7 Å². The first kappa shape index (κ1) is 12.5. The van der Waals surface area contributed by atoms with Crippen LogP contribution in [0.2, 0.25) is 0 Å². The van der Waals surface area contributed by atoms with Crippen LogP contribution in [0.1, 0.15) is 50.1 Å². The first-order valence-corrected chi connectivity index (χ1v) is 6.09. The molecular formula is C11H19N3O3. The Kier molecular flexibility index (Phi) is 4.09. The van der Waals surface area contributed by atoms with E-state index in [0.717, 1.165) is 12.8 Å². The number of aliphatic hydroxyl groups excluding tert-OH is 1. The average Bonchev–Trinajstić information content (AvgIpc) is 3.03. The lowest BCUT2D eigenvalue weighted by molar-refractivity contribution is 0.0384. The van der Waals surface area contributed by atoms with E-state index >= 15 is 0 Å². The quantitative estimate of drug-likeness (QED) is 0.737. The highest BCUT2D eigenvalue weighted by molar-refractivity contribution is 4.99. The van der Waals surface area contributed by atoms with Gasteiger partial charge in [-0.25, -0.2) is 0 Å². The van der Waals surface area contributed by atoms with Crippen molar-refractivity contribution in [2.45, 2.75) is 38.4 Å². The van der Waals surface area contributed by atoms with Crippen molar-refractivity contribution in [3.05, 3.63) is 11.7 Å². The molecule has 1 aliphatic carbocycles. The minimum atomic E-state index is -0.775. The van der Waals surface area contributed by atoms with Crippen LogP contribution in [0.15, 0.2) is 4.52 Å². The van der Waals surface area contributed by atoms with Gasteiger partial charge in [-0.15, -0.1) is 0 Å². The molecule has 0 saturated heterocycles. The summed E-state index contributed by atoms with van der Waals surface area (Å²) in [5.74, 6) is 1.27. The van der Waals surface area contributed by atoms with Gasteiger partial charge in [-0.2, -0.15) is 4.98 Å². The number of rotatable bonds is 7. The zero-order chi connectivity index (χ0) is 12.3. The van der Waals surface area contributed by atoms with Crippen LogP contribution >= 0.6 is 0 Å². The van der Waals surface area contributed by atoms with E-state index in [-0.39, 0.29) is 12.0 Å². The van der Waals surface area contributed by atoms with Gasteiger partial charge in [-0.3, -0.25) is 0 Å². The van der Waals surface area contributed by atoms with E-state index in [1.165, 1.54) is 0 Å². The van der Waals surface area contributed by atoms with E-state index in [2.05, 4.69) is 10.1 Å². The van der Waals surface area contributed by atoms with Crippen molar-refractivity contribution in [2.75, 3.05) is 13.2 Å². The summed E-state index contributed by atoms with van der Waals surface area (Å²) in [6, 6.07) is 0. The number of aromatic nitrogens is 2. The molecule has 3 N–H and O–H groups in total. The maximum atomic E-state index is 9.68. The molecule has 1 saturated carbocycles. The number of nitrogens with two attached hydrogens (primary N) is 1. The van der Waals surface area contributed by atoms with Gasteiger partial charge in [0.25, 0.3) is 5.89 Å². The minimum absolute atomic E-state index is 0.0948. The fraction of sp³-hybridized carbons (Fsp3) is 0.818. The van der Waals surface area contributed by atoms with Gasteiger partial charge in [0.15, 0.2) is 0 Å². The van der Waals surface area contributed by atoms with E-state index in [4.69, 9.17) is 15.0 Å². The van der Waals surface area contributed by atoms with Crippen LogP contribution in [0.5, 0.6) is 0 Å². The van der Waals surface area contributed by atoms with Gasteiger partial charge in [0, 0.05) is 6.61 Å². The van der Waals surface area contributed by atoms with Crippen molar-refractivity contribution in [3.8, 4) is 0 Å². The average molecular weight is 241 g/mol. The maximum absolute atomic E-state index is 9.68. The molecule has 2 rings (SSSR count). The Labute approximate surface area is 100 Å². The van der Waals surface area contributed by atoms with Gasteiger partial charge in [-0.1, -0.05) is 5.16 Å². The Hall–Kier alpha value is -0.980. The lowest BCUT2D eigenvalue weighted by atomic mass is 10.2. The van der Waals surface area contributed by atoms with E-state index in [0.29, 0.717) is 31.3 Å². The highest BCUT2D eigenvalue weighted by atomic mass is 16.5. The molecule has 1 heterocycles. The number of ether oxygens (including phenoxy) is 1. The summed E-state index contributed by atoms with van der Waals surface area (Å²) in [5, 5.41) is 13.6. The minimum Gasteiger partial charge on any atom is -0.383 e. The van der Waals surface area contributed by atoms with Crippen molar-refractivity contribution >= 4 is 0 Å². The summed E-state index contributed by atoms with van der Waals surface area (Å²) in [6.07, 6.45) is 1.83. The third kappa shape index (κ3) is 3.02. The summed E-state index contributed by atoms with van der Waals surface area (Å²) in [5.41, 5.74) is 5.36. The van der Waals surface area contributed by atoms with Crippen LogP contribution in [0.3, 0.4) is 0 Å². The van der Waals surface area contributed by atoms with Crippen LogP contribution in [-0.4, -0.2) is 28.4 Å². The molecule has 0 radical (unpaired) electrons. The summed E-state index contributed by atoms with van der Waals surface area (Å²) in [6.45, 7) is 2.95. The smallest absolute Gasteiger partial charge is 0.255 e. The third-order valence-corrected chi connectivity index (χ3v) is 2.83. The molecule has 96 valence electrons.